The minimum absolute atomic E-state index is 0.0769. The standard InChI is InChI=1S/C25H24F4N4O5/c1-2-36-23(35)15-5-3-14(4-6-15)16-7-12-20(19(26)13-16)31-21(34)22-32-33-24(37-22)30-17-8-10-18(11-9-17)38-25(27,28)29/h7-15H,2-6H2,1H3,(H,30,33)(H,31,34)/t14-,15-. The number of hydrogen-bond donors (Lipinski definition) is 2. The van der Waals surface area contributed by atoms with Crippen LogP contribution in [-0.2, 0) is 9.53 Å². The number of carbonyl (C=O) groups is 2. The normalized spacial score (nSPS) is 17.5. The first-order valence-electron chi connectivity index (χ1n) is 11.8. The predicted molar refractivity (Wildman–Crippen MR) is 126 cm³/mol. The lowest BCUT2D eigenvalue weighted by molar-refractivity contribution is -0.274. The zero-order chi connectivity index (χ0) is 27.3. The third kappa shape index (κ3) is 6.99. The zero-order valence-corrected chi connectivity index (χ0v) is 20.2. The van der Waals surface area contributed by atoms with Crippen LogP contribution in [0.5, 0.6) is 5.75 Å². The number of carbonyl (C=O) groups excluding carboxylic acids is 2. The van der Waals surface area contributed by atoms with Crippen LogP contribution >= 0.6 is 0 Å². The van der Waals surface area contributed by atoms with E-state index in [0.717, 1.165) is 30.5 Å². The van der Waals surface area contributed by atoms with Gasteiger partial charge >= 0.3 is 30.1 Å². The van der Waals surface area contributed by atoms with Crippen LogP contribution < -0.4 is 15.4 Å². The number of alkyl halides is 3. The first-order chi connectivity index (χ1) is 18.1. The van der Waals surface area contributed by atoms with E-state index in [0.29, 0.717) is 25.1 Å². The quantitative estimate of drug-likeness (QED) is 0.269. The maximum Gasteiger partial charge on any atom is 0.573 e. The summed E-state index contributed by atoms with van der Waals surface area (Å²) in [6.07, 6.45) is -2.02. The van der Waals surface area contributed by atoms with Crippen molar-refractivity contribution in [2.75, 3.05) is 17.2 Å². The van der Waals surface area contributed by atoms with Crippen molar-refractivity contribution >= 4 is 29.3 Å². The number of rotatable bonds is 8. The van der Waals surface area contributed by atoms with Crippen LogP contribution in [0.4, 0.5) is 35.0 Å². The molecule has 2 aromatic carbocycles. The van der Waals surface area contributed by atoms with Crippen molar-refractivity contribution in [3.8, 4) is 5.75 Å². The maximum atomic E-state index is 14.8. The Kier molecular flexibility index (Phi) is 8.13. The molecule has 2 N–H and O–H groups in total. The van der Waals surface area contributed by atoms with E-state index in [1.807, 2.05) is 0 Å². The van der Waals surface area contributed by atoms with Crippen molar-refractivity contribution in [3.05, 3.63) is 59.7 Å². The van der Waals surface area contributed by atoms with E-state index >= 15 is 0 Å². The SMILES string of the molecule is CCOC(=O)[C@H]1CC[C@H](c2ccc(NC(=O)c3nnc(Nc4ccc(OC(F)(F)F)cc4)o3)c(F)c2)CC1. The summed E-state index contributed by atoms with van der Waals surface area (Å²) in [5.74, 6) is -2.58. The van der Waals surface area contributed by atoms with Gasteiger partial charge in [-0.25, -0.2) is 4.39 Å². The van der Waals surface area contributed by atoms with E-state index in [-0.39, 0.29) is 29.5 Å². The van der Waals surface area contributed by atoms with Crippen molar-refractivity contribution in [1.82, 2.24) is 10.2 Å². The summed E-state index contributed by atoms with van der Waals surface area (Å²) in [6.45, 7) is 2.11. The number of nitrogens with zero attached hydrogens (tertiary/aromatic N) is 2. The van der Waals surface area contributed by atoms with Gasteiger partial charge in [0.05, 0.1) is 18.2 Å². The number of aromatic nitrogens is 2. The molecule has 0 radical (unpaired) electrons. The van der Waals surface area contributed by atoms with Crippen molar-refractivity contribution < 1.29 is 41.0 Å². The maximum absolute atomic E-state index is 14.8. The van der Waals surface area contributed by atoms with Gasteiger partial charge in [-0.2, -0.15) is 0 Å². The Morgan fingerprint density at radius 1 is 1.05 bits per heavy atom. The Balaban J connectivity index is 1.32. The molecule has 1 aliphatic rings. The van der Waals surface area contributed by atoms with Gasteiger partial charge in [0.2, 0.25) is 0 Å². The largest absolute Gasteiger partial charge is 0.573 e. The lowest BCUT2D eigenvalue weighted by Crippen LogP contribution is -2.23. The van der Waals surface area contributed by atoms with Gasteiger partial charge in [0.1, 0.15) is 11.6 Å². The molecule has 0 spiro atoms. The Morgan fingerprint density at radius 2 is 1.76 bits per heavy atom. The molecule has 0 unspecified atom stereocenters. The van der Waals surface area contributed by atoms with Crippen LogP contribution in [0.3, 0.4) is 0 Å². The Labute approximate surface area is 214 Å². The first kappa shape index (κ1) is 26.9. The summed E-state index contributed by atoms with van der Waals surface area (Å²) in [4.78, 5) is 24.4. The van der Waals surface area contributed by atoms with Gasteiger partial charge in [0.25, 0.3) is 0 Å². The number of ether oxygens (including phenoxy) is 2. The molecule has 202 valence electrons. The number of hydrogen-bond acceptors (Lipinski definition) is 8. The molecule has 1 aliphatic carbocycles. The lowest BCUT2D eigenvalue weighted by atomic mass is 9.78. The van der Waals surface area contributed by atoms with Crippen LogP contribution in [0.1, 0.15) is 54.8 Å². The fourth-order valence-electron chi connectivity index (χ4n) is 4.21. The zero-order valence-electron chi connectivity index (χ0n) is 20.2. The molecule has 0 aliphatic heterocycles. The minimum atomic E-state index is -4.81. The molecule has 13 heteroatoms. The molecule has 0 bridgehead atoms. The van der Waals surface area contributed by atoms with Gasteiger partial charge in [0.15, 0.2) is 0 Å². The van der Waals surface area contributed by atoms with Gasteiger partial charge in [-0.1, -0.05) is 11.2 Å². The summed E-state index contributed by atoms with van der Waals surface area (Å²) in [7, 11) is 0. The van der Waals surface area contributed by atoms with Crippen LogP contribution in [0.2, 0.25) is 0 Å². The molecule has 3 aromatic rings. The highest BCUT2D eigenvalue weighted by Gasteiger charge is 2.31. The molecule has 0 atom stereocenters. The monoisotopic (exact) mass is 536 g/mol. The number of anilines is 3. The summed E-state index contributed by atoms with van der Waals surface area (Å²) < 4.78 is 65.7. The smallest absolute Gasteiger partial charge is 0.466 e. The first-order valence-corrected chi connectivity index (χ1v) is 11.8. The average molecular weight is 536 g/mol. The second-order valence-electron chi connectivity index (χ2n) is 8.60. The molecule has 9 nitrogen and oxygen atoms in total. The van der Waals surface area contributed by atoms with Crippen LogP contribution in [0.15, 0.2) is 46.9 Å². The number of halogens is 4. The molecule has 1 fully saturated rings. The molecule has 4 rings (SSSR count). The Bertz CT molecular complexity index is 1270. The van der Waals surface area contributed by atoms with Crippen LogP contribution in [0, 0.1) is 11.7 Å². The van der Waals surface area contributed by atoms with Crippen LogP contribution in [-0.4, -0.2) is 35.0 Å². The highest BCUT2D eigenvalue weighted by Crippen LogP contribution is 2.37. The summed E-state index contributed by atoms with van der Waals surface area (Å²) >= 11 is 0. The van der Waals surface area contributed by atoms with Crippen molar-refractivity contribution in [2.24, 2.45) is 5.92 Å². The minimum Gasteiger partial charge on any atom is -0.466 e. The molecule has 1 amide bonds. The van der Waals surface area contributed by atoms with E-state index < -0.39 is 29.7 Å². The number of nitrogens with one attached hydrogen (secondary N) is 2. The van der Waals surface area contributed by atoms with Gasteiger partial charge in [-0.3, -0.25) is 9.59 Å². The predicted octanol–water partition coefficient (Wildman–Crippen LogP) is 5.94. The van der Waals surface area contributed by atoms with Crippen LogP contribution in [0.25, 0.3) is 0 Å². The highest BCUT2D eigenvalue weighted by atomic mass is 19.4. The fraction of sp³-hybridized carbons (Fsp3) is 0.360. The van der Waals surface area contributed by atoms with Crippen molar-refractivity contribution in [3.63, 3.8) is 0 Å². The second-order valence-corrected chi connectivity index (χ2v) is 8.60. The number of benzene rings is 2. The van der Waals surface area contributed by atoms with Gasteiger partial charge in [-0.15, -0.1) is 18.3 Å². The van der Waals surface area contributed by atoms with Gasteiger partial charge < -0.3 is 24.5 Å². The van der Waals surface area contributed by atoms with E-state index in [9.17, 15) is 27.2 Å². The van der Waals surface area contributed by atoms with E-state index in [4.69, 9.17) is 9.15 Å². The van der Waals surface area contributed by atoms with Gasteiger partial charge in [0, 0.05) is 5.69 Å². The van der Waals surface area contributed by atoms with Crippen molar-refractivity contribution in [2.45, 2.75) is 44.9 Å². The number of amides is 1. The molecule has 1 saturated carbocycles. The summed E-state index contributed by atoms with van der Waals surface area (Å²) in [5, 5.41) is 12.3. The Hall–Kier alpha value is -4.16. The second kappa shape index (κ2) is 11.5. The lowest BCUT2D eigenvalue weighted by Gasteiger charge is -2.27. The van der Waals surface area contributed by atoms with E-state index in [1.54, 1.807) is 13.0 Å². The van der Waals surface area contributed by atoms with E-state index in [2.05, 4.69) is 25.6 Å². The summed E-state index contributed by atoms with van der Waals surface area (Å²) in [5.41, 5.74) is 0.999. The third-order valence-electron chi connectivity index (χ3n) is 6.02. The Morgan fingerprint density at radius 3 is 2.39 bits per heavy atom. The third-order valence-corrected chi connectivity index (χ3v) is 6.02. The molecule has 0 saturated heterocycles. The number of esters is 1. The topological polar surface area (TPSA) is 116 Å². The molecular weight excluding hydrogens is 512 g/mol. The molecular formula is C25H24F4N4O5. The molecule has 1 heterocycles. The molecule has 38 heavy (non-hydrogen) atoms. The highest BCUT2D eigenvalue weighted by molar-refractivity contribution is 6.01. The van der Waals surface area contributed by atoms with Gasteiger partial charge in [-0.05, 0) is 80.5 Å². The molecule has 1 aromatic heterocycles. The fourth-order valence-corrected chi connectivity index (χ4v) is 4.21. The van der Waals surface area contributed by atoms with E-state index in [1.165, 1.54) is 24.3 Å². The average Bonchev–Trinajstić information content (AvgIpc) is 3.34. The van der Waals surface area contributed by atoms with Crippen molar-refractivity contribution in [1.29, 1.82) is 0 Å². The summed E-state index contributed by atoms with van der Waals surface area (Å²) in [6, 6.07) is 9.06.